The van der Waals surface area contributed by atoms with Crippen molar-refractivity contribution in [2.24, 2.45) is 0 Å². The fraction of sp³-hybridized carbons (Fsp3) is 0.368. The zero-order chi connectivity index (χ0) is 20.1. The Balaban J connectivity index is 1.47. The van der Waals surface area contributed by atoms with E-state index in [2.05, 4.69) is 37.8 Å². The highest BCUT2D eigenvalue weighted by atomic mass is 32.2. The Morgan fingerprint density at radius 1 is 1.25 bits per heavy atom. The van der Waals surface area contributed by atoms with Crippen molar-refractivity contribution in [2.75, 3.05) is 12.8 Å². The Bertz CT molecular complexity index is 1020. The molecular weight excluding hydrogens is 412 g/mol. The summed E-state index contributed by atoms with van der Waals surface area (Å²) in [5.41, 5.74) is 2.12. The van der Waals surface area contributed by atoms with Gasteiger partial charge in [0.05, 0.1) is 15.6 Å². The van der Waals surface area contributed by atoms with Crippen molar-refractivity contribution in [1.82, 2.24) is 20.3 Å². The summed E-state index contributed by atoms with van der Waals surface area (Å²) in [5, 5.41) is 6.66. The number of thiazole rings is 1. The first kappa shape index (κ1) is 20.8. The summed E-state index contributed by atoms with van der Waals surface area (Å²) in [7, 11) is 0. The molecule has 0 saturated carbocycles. The summed E-state index contributed by atoms with van der Waals surface area (Å²) < 4.78 is 0. The highest BCUT2D eigenvalue weighted by Crippen LogP contribution is 2.29. The number of hydrogen-bond acceptors (Lipinski definition) is 7. The first-order valence-corrected chi connectivity index (χ1v) is 11.8. The largest absolute Gasteiger partial charge is 0.356 e. The van der Waals surface area contributed by atoms with Gasteiger partial charge in [-0.25, -0.2) is 9.97 Å². The molecule has 3 aromatic heterocycles. The van der Waals surface area contributed by atoms with E-state index >= 15 is 0 Å². The topological polar surface area (TPSA) is 87.7 Å². The monoisotopic (exact) mass is 434 g/mol. The van der Waals surface area contributed by atoms with Crippen molar-refractivity contribution >= 4 is 40.3 Å². The molecule has 0 atom stereocenters. The van der Waals surface area contributed by atoms with Gasteiger partial charge < -0.3 is 10.3 Å². The van der Waals surface area contributed by atoms with Crippen molar-refractivity contribution < 1.29 is 4.79 Å². The first-order valence-electron chi connectivity index (χ1n) is 8.88. The zero-order valence-corrected chi connectivity index (χ0v) is 18.4. The smallest absolute Gasteiger partial charge is 0.254 e. The minimum Gasteiger partial charge on any atom is -0.356 e. The van der Waals surface area contributed by atoms with Crippen LogP contribution in [-0.4, -0.2) is 33.7 Å². The molecule has 0 aliphatic heterocycles. The van der Waals surface area contributed by atoms with Gasteiger partial charge in [-0.2, -0.15) is 0 Å². The molecule has 28 heavy (non-hydrogen) atoms. The second kappa shape index (κ2) is 9.49. The molecule has 0 aliphatic carbocycles. The number of carbonyl (C=O) groups excluding carboxylic acids is 1. The van der Waals surface area contributed by atoms with E-state index in [1.807, 2.05) is 13.2 Å². The fourth-order valence-corrected chi connectivity index (χ4v) is 4.83. The highest BCUT2D eigenvalue weighted by Gasteiger charge is 2.11. The summed E-state index contributed by atoms with van der Waals surface area (Å²) >= 11 is 4.74. The Morgan fingerprint density at radius 3 is 2.75 bits per heavy atom. The van der Waals surface area contributed by atoms with Crippen LogP contribution in [0.1, 0.15) is 27.6 Å². The molecule has 9 heteroatoms. The molecule has 1 amide bonds. The van der Waals surface area contributed by atoms with Crippen molar-refractivity contribution in [3.05, 3.63) is 49.0 Å². The lowest BCUT2D eigenvalue weighted by Crippen LogP contribution is -2.27. The van der Waals surface area contributed by atoms with Crippen molar-refractivity contribution in [3.63, 3.8) is 0 Å². The van der Waals surface area contributed by atoms with E-state index in [-0.39, 0.29) is 17.9 Å². The van der Waals surface area contributed by atoms with Crippen LogP contribution in [0.25, 0.3) is 10.6 Å². The first-order chi connectivity index (χ1) is 13.5. The molecule has 0 fully saturated rings. The number of thiophene rings is 1. The van der Waals surface area contributed by atoms with Crippen LogP contribution in [0, 0.1) is 13.8 Å². The molecule has 3 rings (SSSR count). The molecule has 3 heterocycles. The second-order valence-corrected chi connectivity index (χ2v) is 9.28. The minimum atomic E-state index is -0.159. The van der Waals surface area contributed by atoms with Gasteiger partial charge in [-0.1, -0.05) is 11.8 Å². The third-order valence-electron chi connectivity index (χ3n) is 4.22. The Hall–Kier alpha value is -1.97. The number of H-pyrrole nitrogens is 1. The third kappa shape index (κ3) is 5.30. The van der Waals surface area contributed by atoms with Crippen LogP contribution in [-0.2, 0) is 17.6 Å². The van der Waals surface area contributed by atoms with E-state index < -0.39 is 0 Å². The Labute approximate surface area is 175 Å². The second-order valence-electron chi connectivity index (χ2n) is 6.26. The van der Waals surface area contributed by atoms with Gasteiger partial charge in [0.1, 0.15) is 0 Å². The van der Waals surface area contributed by atoms with Crippen LogP contribution in [0.4, 0.5) is 0 Å². The van der Waals surface area contributed by atoms with Crippen molar-refractivity contribution in [3.8, 4) is 10.6 Å². The average molecular weight is 435 g/mol. The lowest BCUT2D eigenvalue weighted by Gasteiger charge is -2.07. The Morgan fingerprint density at radius 2 is 2.07 bits per heavy atom. The van der Waals surface area contributed by atoms with Crippen molar-refractivity contribution in [2.45, 2.75) is 38.3 Å². The Kier molecular flexibility index (Phi) is 7.03. The lowest BCUT2D eigenvalue weighted by molar-refractivity contribution is -0.121. The summed E-state index contributed by atoms with van der Waals surface area (Å²) in [4.78, 5) is 38.2. The number of aromatic nitrogens is 3. The van der Waals surface area contributed by atoms with E-state index in [0.29, 0.717) is 29.4 Å². The molecule has 6 nitrogen and oxygen atoms in total. The number of nitrogens with one attached hydrogen (secondary N) is 2. The molecule has 0 bridgehead atoms. The average Bonchev–Trinajstić information content (AvgIpc) is 3.29. The molecule has 2 N–H and O–H groups in total. The van der Waals surface area contributed by atoms with Crippen molar-refractivity contribution in [1.29, 1.82) is 0 Å². The number of amides is 1. The molecule has 0 aliphatic rings. The van der Waals surface area contributed by atoms with E-state index in [1.165, 1.54) is 16.6 Å². The van der Waals surface area contributed by atoms with Gasteiger partial charge in [0, 0.05) is 34.5 Å². The normalized spacial score (nSPS) is 11.0. The quantitative estimate of drug-likeness (QED) is 0.418. The summed E-state index contributed by atoms with van der Waals surface area (Å²) in [6.45, 7) is 4.38. The molecule has 0 spiro atoms. The third-order valence-corrected chi connectivity index (χ3v) is 6.74. The number of aryl methyl sites for hydroxylation is 2. The number of nitrogens with zero attached hydrogens (tertiary/aromatic N) is 2. The number of hydrogen-bond donors (Lipinski definition) is 2. The van der Waals surface area contributed by atoms with Crippen LogP contribution >= 0.6 is 34.4 Å². The van der Waals surface area contributed by atoms with Gasteiger partial charge in [0.15, 0.2) is 5.16 Å². The molecule has 0 unspecified atom stereocenters. The van der Waals surface area contributed by atoms with Gasteiger partial charge in [0.25, 0.3) is 5.56 Å². The molecular formula is C19H22N4O2S3. The predicted molar refractivity (Wildman–Crippen MR) is 117 cm³/mol. The number of carbonyl (C=O) groups is 1. The summed E-state index contributed by atoms with van der Waals surface area (Å²) in [5.74, 6) is -0.0559. The number of aromatic amines is 1. The maximum absolute atomic E-state index is 12.1. The summed E-state index contributed by atoms with van der Waals surface area (Å²) in [6.07, 6.45) is 3.31. The van der Waals surface area contributed by atoms with E-state index in [0.717, 1.165) is 22.0 Å². The van der Waals surface area contributed by atoms with E-state index in [4.69, 9.17) is 0 Å². The zero-order valence-electron chi connectivity index (χ0n) is 16.0. The fourth-order valence-electron chi connectivity index (χ4n) is 2.75. The van der Waals surface area contributed by atoms with Gasteiger partial charge in [-0.05, 0) is 45.1 Å². The number of thioether (sulfide) groups is 1. The predicted octanol–water partition coefficient (Wildman–Crippen LogP) is 3.59. The van der Waals surface area contributed by atoms with Gasteiger partial charge in [-0.3, -0.25) is 9.59 Å². The molecule has 0 saturated heterocycles. The van der Waals surface area contributed by atoms with Gasteiger partial charge in [0.2, 0.25) is 5.91 Å². The van der Waals surface area contributed by atoms with Crippen LogP contribution < -0.4 is 10.9 Å². The van der Waals surface area contributed by atoms with Gasteiger partial charge >= 0.3 is 0 Å². The molecule has 0 aromatic carbocycles. The molecule has 0 radical (unpaired) electrons. The van der Waals surface area contributed by atoms with E-state index in [9.17, 15) is 9.59 Å². The van der Waals surface area contributed by atoms with Crippen LogP contribution in [0.2, 0.25) is 0 Å². The maximum atomic E-state index is 12.1. The number of rotatable bonds is 8. The maximum Gasteiger partial charge on any atom is 0.254 e. The highest BCUT2D eigenvalue weighted by molar-refractivity contribution is 7.98. The standard InChI is InChI=1S/C19H22N4O2S3/c1-11-14(18(25)23-19(21-11)26-3)5-7-17(24)20-9-8-13-4-6-16(28-13)15-10-27-12(2)22-15/h4,6,10H,5,7-9H2,1-3H3,(H,20,24)(H,21,23,25). The van der Waals surface area contributed by atoms with Crippen LogP contribution in [0.3, 0.4) is 0 Å². The van der Waals surface area contributed by atoms with Crippen LogP contribution in [0.5, 0.6) is 0 Å². The minimum absolute atomic E-state index is 0.0559. The molecule has 148 valence electrons. The SMILES string of the molecule is CSc1nc(C)c(CCC(=O)NCCc2ccc(-c3csc(C)n3)s2)c(=O)[nH]1. The lowest BCUT2D eigenvalue weighted by atomic mass is 10.1. The van der Waals surface area contributed by atoms with Crippen LogP contribution in [0.15, 0.2) is 27.5 Å². The van der Waals surface area contributed by atoms with E-state index in [1.54, 1.807) is 29.6 Å². The summed E-state index contributed by atoms with van der Waals surface area (Å²) in [6, 6.07) is 4.17. The molecule has 3 aromatic rings. The van der Waals surface area contributed by atoms with Gasteiger partial charge in [-0.15, -0.1) is 22.7 Å².